The van der Waals surface area contributed by atoms with E-state index in [0.29, 0.717) is 17.2 Å². The van der Waals surface area contributed by atoms with Crippen LogP contribution in [0.1, 0.15) is 17.5 Å². The summed E-state index contributed by atoms with van der Waals surface area (Å²) >= 11 is 0. The maximum absolute atomic E-state index is 11.7. The minimum absolute atomic E-state index is 0.328. The highest BCUT2D eigenvalue weighted by molar-refractivity contribution is 6.12. The number of nitrogens with zero attached hydrogens (tertiary/aromatic N) is 1. The van der Waals surface area contributed by atoms with Crippen molar-refractivity contribution >= 4 is 17.5 Å². The van der Waals surface area contributed by atoms with Gasteiger partial charge in [0.2, 0.25) is 0 Å². The molecule has 0 radical (unpaired) electrons. The molecule has 7 heteroatoms. The lowest BCUT2D eigenvalue weighted by atomic mass is 10.0. The van der Waals surface area contributed by atoms with Gasteiger partial charge in [-0.3, -0.25) is 9.59 Å². The molecule has 0 aliphatic heterocycles. The fourth-order valence-corrected chi connectivity index (χ4v) is 2.22. The Kier molecular flexibility index (Phi) is 7.37. The van der Waals surface area contributed by atoms with E-state index in [-0.39, 0.29) is 13.0 Å². The summed E-state index contributed by atoms with van der Waals surface area (Å²) in [6, 6.07) is 14.5. The third kappa shape index (κ3) is 5.85. The molecule has 0 N–H and O–H groups in total. The first-order chi connectivity index (χ1) is 13.1. The molecule has 27 heavy (non-hydrogen) atoms. The second kappa shape index (κ2) is 9.96. The van der Waals surface area contributed by atoms with E-state index in [0.717, 1.165) is 11.1 Å². The molecule has 0 aliphatic rings. The number of Topliss-reactive ketones (excluding diaryl/α,β-unsaturated/α-hetero) is 1. The van der Waals surface area contributed by atoms with E-state index in [2.05, 4.69) is 9.89 Å². The van der Waals surface area contributed by atoms with Gasteiger partial charge in [0.15, 0.2) is 12.4 Å². The van der Waals surface area contributed by atoms with Crippen LogP contribution in [0.25, 0.3) is 0 Å². The Bertz CT molecular complexity index is 747. The molecule has 7 nitrogen and oxygen atoms in total. The molecule has 0 spiro atoms. The molecule has 0 saturated carbocycles. The minimum atomic E-state index is -0.613. The van der Waals surface area contributed by atoms with Crippen molar-refractivity contribution in [2.24, 2.45) is 5.16 Å². The van der Waals surface area contributed by atoms with Crippen LogP contribution < -0.4 is 9.47 Å². The summed E-state index contributed by atoms with van der Waals surface area (Å²) in [5, 5.41) is 4.11. The highest BCUT2D eigenvalue weighted by Gasteiger charge is 2.12. The van der Waals surface area contributed by atoms with Crippen molar-refractivity contribution in [3.05, 3.63) is 59.7 Å². The first kappa shape index (κ1) is 20.0. The Hall–Kier alpha value is -3.35. The summed E-state index contributed by atoms with van der Waals surface area (Å²) in [5.74, 6) is 0.386. The van der Waals surface area contributed by atoms with Crippen molar-refractivity contribution in [2.75, 3.05) is 27.9 Å². The van der Waals surface area contributed by atoms with Gasteiger partial charge in [-0.05, 0) is 48.5 Å². The molecular formula is C20H21NO6. The molecule has 0 atom stereocenters. The molecule has 0 bridgehead atoms. The third-order valence-corrected chi connectivity index (χ3v) is 3.68. The van der Waals surface area contributed by atoms with Crippen LogP contribution in [-0.2, 0) is 19.2 Å². The van der Waals surface area contributed by atoms with Crippen LogP contribution in [-0.4, -0.2) is 45.4 Å². The van der Waals surface area contributed by atoms with Gasteiger partial charge in [-0.15, -0.1) is 0 Å². The molecule has 0 unspecified atom stereocenters. The molecular weight excluding hydrogens is 350 g/mol. The Morgan fingerprint density at radius 1 is 0.815 bits per heavy atom. The van der Waals surface area contributed by atoms with Crippen molar-refractivity contribution in [3.63, 3.8) is 0 Å². The lowest BCUT2D eigenvalue weighted by Gasteiger charge is -2.09. The standard InChI is InChI=1S/C20H21NO6/c1-24-17-8-4-14(5-9-17)20(15-6-10-18(25-2)11-7-15)21-27-13-16(22)12-19(23)26-3/h4-11H,12-13H2,1-3H3. The number of carbonyl (C=O) groups is 2. The number of hydrogen-bond acceptors (Lipinski definition) is 7. The topological polar surface area (TPSA) is 83.4 Å². The van der Waals surface area contributed by atoms with Crippen LogP contribution in [0.15, 0.2) is 53.7 Å². The average molecular weight is 371 g/mol. The number of methoxy groups -OCH3 is 3. The van der Waals surface area contributed by atoms with Gasteiger partial charge in [-0.1, -0.05) is 5.16 Å². The van der Waals surface area contributed by atoms with E-state index in [1.807, 2.05) is 24.3 Å². The summed E-state index contributed by atoms with van der Waals surface area (Å²) in [6.45, 7) is -0.328. The number of rotatable bonds is 9. The number of esters is 1. The monoisotopic (exact) mass is 371 g/mol. The van der Waals surface area contributed by atoms with Crippen LogP contribution in [0.5, 0.6) is 11.5 Å². The van der Waals surface area contributed by atoms with Gasteiger partial charge in [0.05, 0.1) is 21.3 Å². The van der Waals surface area contributed by atoms with Crippen molar-refractivity contribution < 1.29 is 28.6 Å². The lowest BCUT2D eigenvalue weighted by molar-refractivity contribution is -0.144. The van der Waals surface area contributed by atoms with Gasteiger partial charge in [-0.2, -0.15) is 0 Å². The first-order valence-corrected chi connectivity index (χ1v) is 8.14. The molecule has 0 fully saturated rings. The van der Waals surface area contributed by atoms with Crippen molar-refractivity contribution in [2.45, 2.75) is 6.42 Å². The Morgan fingerprint density at radius 2 is 1.30 bits per heavy atom. The van der Waals surface area contributed by atoms with Crippen LogP contribution in [0.4, 0.5) is 0 Å². The van der Waals surface area contributed by atoms with E-state index in [9.17, 15) is 9.59 Å². The SMILES string of the molecule is COC(=O)CC(=O)CON=C(c1ccc(OC)cc1)c1ccc(OC)cc1. The molecule has 0 aromatic heterocycles. The minimum Gasteiger partial charge on any atom is -0.497 e. The third-order valence-electron chi connectivity index (χ3n) is 3.68. The predicted octanol–water partition coefficient (Wildman–Crippen LogP) is 2.61. The van der Waals surface area contributed by atoms with Gasteiger partial charge in [0, 0.05) is 11.1 Å². The summed E-state index contributed by atoms with van der Waals surface area (Å²) in [7, 11) is 4.40. The molecule has 2 aromatic carbocycles. The predicted molar refractivity (Wildman–Crippen MR) is 99.2 cm³/mol. The molecule has 0 saturated heterocycles. The number of oxime groups is 1. The van der Waals surface area contributed by atoms with E-state index < -0.39 is 11.8 Å². The quantitative estimate of drug-likeness (QED) is 0.292. The zero-order valence-electron chi connectivity index (χ0n) is 15.4. The van der Waals surface area contributed by atoms with Gasteiger partial charge in [0.1, 0.15) is 23.6 Å². The molecule has 0 amide bonds. The first-order valence-electron chi connectivity index (χ1n) is 8.14. The van der Waals surface area contributed by atoms with Gasteiger partial charge < -0.3 is 19.0 Å². The fraction of sp³-hybridized carbons (Fsp3) is 0.250. The van der Waals surface area contributed by atoms with Gasteiger partial charge >= 0.3 is 5.97 Å². The summed E-state index contributed by atoms with van der Waals surface area (Å²) in [5.41, 5.74) is 2.09. The van der Waals surface area contributed by atoms with Crippen LogP contribution >= 0.6 is 0 Å². The largest absolute Gasteiger partial charge is 0.497 e. The zero-order chi connectivity index (χ0) is 19.6. The van der Waals surface area contributed by atoms with Crippen LogP contribution in [0.2, 0.25) is 0 Å². The lowest BCUT2D eigenvalue weighted by Crippen LogP contribution is -2.14. The molecule has 0 aliphatic carbocycles. The number of hydrogen-bond donors (Lipinski definition) is 0. The highest BCUT2D eigenvalue weighted by Crippen LogP contribution is 2.18. The van der Waals surface area contributed by atoms with Crippen molar-refractivity contribution in [3.8, 4) is 11.5 Å². The second-order valence-corrected chi connectivity index (χ2v) is 5.46. The molecule has 2 aromatic rings. The molecule has 2 rings (SSSR count). The van der Waals surface area contributed by atoms with E-state index in [4.69, 9.17) is 14.3 Å². The Balaban J connectivity index is 2.22. The fourth-order valence-electron chi connectivity index (χ4n) is 2.22. The zero-order valence-corrected chi connectivity index (χ0v) is 15.4. The number of carbonyl (C=O) groups excluding carboxylic acids is 2. The van der Waals surface area contributed by atoms with Gasteiger partial charge in [-0.25, -0.2) is 0 Å². The Labute approximate surface area is 157 Å². The van der Waals surface area contributed by atoms with Crippen LogP contribution in [0.3, 0.4) is 0 Å². The maximum atomic E-state index is 11.7. The average Bonchev–Trinajstić information content (AvgIpc) is 2.71. The van der Waals surface area contributed by atoms with Crippen LogP contribution in [0, 0.1) is 0 Å². The smallest absolute Gasteiger partial charge is 0.313 e. The molecule has 0 heterocycles. The summed E-state index contributed by atoms with van der Waals surface area (Å²) in [4.78, 5) is 28.0. The van der Waals surface area contributed by atoms with E-state index in [1.165, 1.54) is 7.11 Å². The highest BCUT2D eigenvalue weighted by atomic mass is 16.6. The normalized spacial score (nSPS) is 9.89. The number of ketones is 1. The number of ether oxygens (including phenoxy) is 3. The Morgan fingerprint density at radius 3 is 1.70 bits per heavy atom. The van der Waals surface area contributed by atoms with E-state index >= 15 is 0 Å². The van der Waals surface area contributed by atoms with E-state index in [1.54, 1.807) is 38.5 Å². The maximum Gasteiger partial charge on any atom is 0.313 e. The second-order valence-electron chi connectivity index (χ2n) is 5.46. The van der Waals surface area contributed by atoms with Crippen molar-refractivity contribution in [1.82, 2.24) is 0 Å². The molecule has 142 valence electrons. The number of benzene rings is 2. The van der Waals surface area contributed by atoms with Gasteiger partial charge in [0.25, 0.3) is 0 Å². The van der Waals surface area contributed by atoms with Crippen molar-refractivity contribution in [1.29, 1.82) is 0 Å². The summed E-state index contributed by atoms with van der Waals surface area (Å²) < 4.78 is 14.8. The summed E-state index contributed by atoms with van der Waals surface area (Å²) in [6.07, 6.45) is -0.355.